The lowest BCUT2D eigenvalue weighted by Crippen LogP contribution is -2.40. The van der Waals surface area contributed by atoms with Gasteiger partial charge in [-0.15, -0.1) is 0 Å². The Morgan fingerprint density at radius 3 is 2.72 bits per heavy atom. The molecule has 1 unspecified atom stereocenters. The van der Waals surface area contributed by atoms with Gasteiger partial charge in [-0.25, -0.2) is 0 Å². The number of hydrogen-bond donors (Lipinski definition) is 1. The highest BCUT2D eigenvalue weighted by Gasteiger charge is 2.30. The van der Waals surface area contributed by atoms with Crippen molar-refractivity contribution in [1.82, 2.24) is 9.88 Å². The van der Waals surface area contributed by atoms with E-state index in [1.54, 1.807) is 0 Å². The van der Waals surface area contributed by atoms with Gasteiger partial charge < -0.3 is 9.72 Å². The molecule has 1 aliphatic heterocycles. The molecule has 2 aromatic carbocycles. The highest BCUT2D eigenvalue weighted by Crippen LogP contribution is 2.43. The Balaban J connectivity index is 1.67. The third kappa shape index (κ3) is 2.50. The molecule has 1 atom stereocenters. The Hall–Kier alpha value is -1.81. The van der Waals surface area contributed by atoms with Crippen LogP contribution in [0.1, 0.15) is 23.6 Å². The van der Waals surface area contributed by atoms with Crippen molar-refractivity contribution in [2.24, 2.45) is 0 Å². The lowest BCUT2D eigenvalue weighted by atomic mass is 9.86. The highest BCUT2D eigenvalue weighted by molar-refractivity contribution is 6.33. The lowest BCUT2D eigenvalue weighted by Gasteiger charge is -2.37. The number of halogens is 1. The van der Waals surface area contributed by atoms with Gasteiger partial charge in [0, 0.05) is 40.6 Å². The van der Waals surface area contributed by atoms with E-state index in [0.717, 1.165) is 49.7 Å². The summed E-state index contributed by atoms with van der Waals surface area (Å²) in [6, 6.07) is 15.3. The van der Waals surface area contributed by atoms with E-state index in [-0.39, 0.29) is 0 Å². The van der Waals surface area contributed by atoms with Crippen LogP contribution >= 0.6 is 11.6 Å². The number of rotatable bonds is 2. The van der Waals surface area contributed by atoms with Crippen molar-refractivity contribution in [3.63, 3.8) is 0 Å². The van der Waals surface area contributed by atoms with E-state index in [1.165, 1.54) is 27.7 Å². The molecule has 0 amide bonds. The van der Waals surface area contributed by atoms with Gasteiger partial charge in [0.15, 0.2) is 0 Å². The van der Waals surface area contributed by atoms with Crippen molar-refractivity contribution in [3.8, 4) is 11.3 Å². The second-order valence-electron chi connectivity index (χ2n) is 6.93. The van der Waals surface area contributed by atoms with Crippen molar-refractivity contribution < 1.29 is 4.74 Å². The van der Waals surface area contributed by atoms with Crippen LogP contribution in [0.2, 0.25) is 5.02 Å². The van der Waals surface area contributed by atoms with E-state index < -0.39 is 0 Å². The zero-order valence-corrected chi connectivity index (χ0v) is 14.9. The molecule has 0 spiro atoms. The lowest BCUT2D eigenvalue weighted by molar-refractivity contribution is 0.0141. The fourth-order valence-corrected chi connectivity index (χ4v) is 4.70. The summed E-state index contributed by atoms with van der Waals surface area (Å²) < 4.78 is 5.55. The molecule has 3 nitrogen and oxygen atoms in total. The molecule has 2 heterocycles. The quantitative estimate of drug-likeness (QED) is 0.717. The van der Waals surface area contributed by atoms with Crippen molar-refractivity contribution in [2.45, 2.75) is 18.9 Å². The third-order valence-electron chi connectivity index (χ3n) is 5.62. The van der Waals surface area contributed by atoms with Gasteiger partial charge in [-0.1, -0.05) is 41.9 Å². The number of H-pyrrole nitrogens is 1. The molecule has 3 aromatic rings. The van der Waals surface area contributed by atoms with Crippen LogP contribution in [-0.2, 0) is 11.2 Å². The third-order valence-corrected chi connectivity index (χ3v) is 5.95. The second kappa shape index (κ2) is 6.17. The van der Waals surface area contributed by atoms with Crippen molar-refractivity contribution in [3.05, 3.63) is 58.6 Å². The summed E-state index contributed by atoms with van der Waals surface area (Å²) in [5, 5.41) is 2.21. The van der Waals surface area contributed by atoms with E-state index in [0.29, 0.717) is 6.04 Å². The highest BCUT2D eigenvalue weighted by atomic mass is 35.5. The molecule has 1 aliphatic carbocycles. The van der Waals surface area contributed by atoms with E-state index >= 15 is 0 Å². The van der Waals surface area contributed by atoms with Crippen LogP contribution in [0, 0.1) is 0 Å². The van der Waals surface area contributed by atoms with Gasteiger partial charge in [0.25, 0.3) is 0 Å². The first-order valence-corrected chi connectivity index (χ1v) is 9.41. The topological polar surface area (TPSA) is 28.3 Å². The molecule has 1 saturated heterocycles. The summed E-state index contributed by atoms with van der Waals surface area (Å²) in [7, 11) is 0. The number of hydrogen-bond acceptors (Lipinski definition) is 2. The molecule has 0 bridgehead atoms. The van der Waals surface area contributed by atoms with E-state index in [4.69, 9.17) is 16.3 Å². The number of aryl methyl sites for hydroxylation is 1. The molecule has 25 heavy (non-hydrogen) atoms. The van der Waals surface area contributed by atoms with Crippen LogP contribution in [0.3, 0.4) is 0 Å². The minimum atomic E-state index is 0.495. The van der Waals surface area contributed by atoms with Crippen LogP contribution < -0.4 is 0 Å². The fourth-order valence-electron chi connectivity index (χ4n) is 4.47. The van der Waals surface area contributed by atoms with Crippen LogP contribution in [0.15, 0.2) is 42.5 Å². The van der Waals surface area contributed by atoms with Gasteiger partial charge in [0.2, 0.25) is 0 Å². The smallest absolute Gasteiger partial charge is 0.0594 e. The summed E-state index contributed by atoms with van der Waals surface area (Å²) >= 11 is 6.48. The van der Waals surface area contributed by atoms with Gasteiger partial charge in [-0.05, 0) is 36.1 Å². The van der Waals surface area contributed by atoms with E-state index in [1.807, 2.05) is 12.1 Å². The molecule has 4 heteroatoms. The molecule has 128 valence electrons. The van der Waals surface area contributed by atoms with Gasteiger partial charge in [0.05, 0.1) is 18.9 Å². The predicted octanol–water partition coefficient (Wildman–Crippen LogP) is 4.81. The second-order valence-corrected chi connectivity index (χ2v) is 7.34. The Labute approximate surface area is 152 Å². The zero-order chi connectivity index (χ0) is 16.8. The fraction of sp³-hybridized carbons (Fsp3) is 0.333. The summed E-state index contributed by atoms with van der Waals surface area (Å²) in [6.07, 6.45) is 2.24. The van der Waals surface area contributed by atoms with Crippen molar-refractivity contribution in [2.75, 3.05) is 26.3 Å². The first kappa shape index (κ1) is 15.4. The average molecular weight is 353 g/mol. The average Bonchev–Trinajstić information content (AvgIpc) is 3.04. The molecular formula is C21H21ClN2O. The van der Waals surface area contributed by atoms with Crippen LogP contribution in [0.5, 0.6) is 0 Å². The van der Waals surface area contributed by atoms with E-state index in [9.17, 15) is 0 Å². The molecule has 2 aliphatic rings. The first-order chi connectivity index (χ1) is 12.3. The van der Waals surface area contributed by atoms with Gasteiger partial charge in [-0.2, -0.15) is 0 Å². The van der Waals surface area contributed by atoms with Crippen LogP contribution in [0.25, 0.3) is 22.2 Å². The van der Waals surface area contributed by atoms with E-state index in [2.05, 4.69) is 40.2 Å². The zero-order valence-electron chi connectivity index (χ0n) is 14.1. The van der Waals surface area contributed by atoms with Crippen molar-refractivity contribution in [1.29, 1.82) is 0 Å². The maximum atomic E-state index is 6.48. The summed E-state index contributed by atoms with van der Waals surface area (Å²) in [4.78, 5) is 6.24. The number of benzene rings is 2. The summed E-state index contributed by atoms with van der Waals surface area (Å²) in [5.74, 6) is 0. The Morgan fingerprint density at radius 1 is 1.04 bits per heavy atom. The normalized spacial score (nSPS) is 20.9. The summed E-state index contributed by atoms with van der Waals surface area (Å²) in [6.45, 7) is 3.74. The van der Waals surface area contributed by atoms with Crippen molar-refractivity contribution >= 4 is 22.5 Å². The number of nitrogens with zero attached hydrogens (tertiary/aromatic N) is 1. The van der Waals surface area contributed by atoms with Gasteiger partial charge >= 0.3 is 0 Å². The standard InChI is InChI=1S/C21H21ClN2O/c22-17-6-2-1-4-14(17)21-16-8-9-19(24-10-12-25-13-11-24)15-5-3-7-18(23-21)20(15)16/h1-7,19,23H,8-13H2. The molecule has 1 N–H and O–H groups in total. The molecular weight excluding hydrogens is 332 g/mol. The maximum absolute atomic E-state index is 6.48. The number of aromatic amines is 1. The number of morpholine rings is 1. The van der Waals surface area contributed by atoms with Crippen LogP contribution in [0.4, 0.5) is 0 Å². The first-order valence-electron chi connectivity index (χ1n) is 9.03. The van der Waals surface area contributed by atoms with Gasteiger partial charge in [0.1, 0.15) is 0 Å². The maximum Gasteiger partial charge on any atom is 0.0594 e. The molecule has 1 aromatic heterocycles. The minimum Gasteiger partial charge on any atom is -0.379 e. The molecule has 0 saturated carbocycles. The largest absolute Gasteiger partial charge is 0.379 e. The molecule has 0 radical (unpaired) electrons. The number of nitrogens with one attached hydrogen (secondary N) is 1. The molecule has 1 fully saturated rings. The Kier molecular flexibility index (Phi) is 3.81. The van der Waals surface area contributed by atoms with Crippen LogP contribution in [-0.4, -0.2) is 36.2 Å². The minimum absolute atomic E-state index is 0.495. The summed E-state index contributed by atoms with van der Waals surface area (Å²) in [5.41, 5.74) is 6.39. The Morgan fingerprint density at radius 2 is 1.88 bits per heavy atom. The monoisotopic (exact) mass is 352 g/mol. The number of ether oxygens (including phenoxy) is 1. The Bertz CT molecular complexity index is 927. The van der Waals surface area contributed by atoms with Gasteiger partial charge in [-0.3, -0.25) is 4.90 Å². The SMILES string of the molecule is Clc1ccccc1-c1[nH]c2cccc3c2c1CCC3N1CCOCC1. The molecule has 5 rings (SSSR count). The predicted molar refractivity (Wildman–Crippen MR) is 102 cm³/mol. The number of aromatic nitrogens is 1.